The van der Waals surface area contributed by atoms with Gasteiger partial charge in [-0.2, -0.15) is 4.79 Å². The van der Waals surface area contributed by atoms with Gasteiger partial charge in [0.1, 0.15) is 0 Å². The molecule has 54 valence electrons. The summed E-state index contributed by atoms with van der Waals surface area (Å²) in [6.45, 7) is 1.48. The van der Waals surface area contributed by atoms with Gasteiger partial charge in [-0.05, 0) is 6.92 Å². The molecule has 0 aliphatic carbocycles. The van der Waals surface area contributed by atoms with Crippen LogP contribution in [0.15, 0.2) is 0 Å². The standard InChI is InChI=1S/C5H7N3O2/c1-4(7-3-9)5(10)2-8-6/h2-4H,1H3,(H,7,9). The summed E-state index contributed by atoms with van der Waals surface area (Å²) in [6.07, 6.45) is 1.15. The van der Waals surface area contributed by atoms with Gasteiger partial charge >= 0.3 is 6.21 Å². The average molecular weight is 141 g/mol. The number of carbonyl (C=O) groups is 2. The lowest BCUT2D eigenvalue weighted by Gasteiger charge is -1.99. The van der Waals surface area contributed by atoms with E-state index in [-0.39, 0.29) is 0 Å². The molecule has 0 aromatic carbocycles. The summed E-state index contributed by atoms with van der Waals surface area (Å²) in [6, 6.07) is -0.631. The molecule has 1 unspecified atom stereocenters. The maximum Gasteiger partial charge on any atom is 0.325 e. The molecule has 10 heavy (non-hydrogen) atoms. The van der Waals surface area contributed by atoms with Gasteiger partial charge in [0, 0.05) is 0 Å². The van der Waals surface area contributed by atoms with Crippen molar-refractivity contribution < 1.29 is 14.4 Å². The number of nitrogens with zero attached hydrogens (tertiary/aromatic N) is 2. The van der Waals surface area contributed by atoms with Crippen molar-refractivity contribution in [2.24, 2.45) is 0 Å². The largest absolute Gasteiger partial charge is 0.361 e. The van der Waals surface area contributed by atoms with E-state index in [9.17, 15) is 9.59 Å². The summed E-state index contributed by atoms with van der Waals surface area (Å²) in [5.41, 5.74) is 7.89. The lowest BCUT2D eigenvalue weighted by atomic mass is 10.2. The van der Waals surface area contributed by atoms with Crippen LogP contribution in [0, 0.1) is 0 Å². The Balaban J connectivity index is 3.93. The second-order valence-corrected chi connectivity index (χ2v) is 1.65. The molecule has 1 atom stereocenters. The van der Waals surface area contributed by atoms with Gasteiger partial charge in [-0.25, -0.2) is 0 Å². The minimum Gasteiger partial charge on any atom is -0.361 e. The van der Waals surface area contributed by atoms with Crippen LogP contribution in [-0.4, -0.2) is 29.2 Å². The third-order valence-electron chi connectivity index (χ3n) is 0.930. The highest BCUT2D eigenvalue weighted by molar-refractivity contribution is 6.27. The van der Waals surface area contributed by atoms with Gasteiger partial charge in [-0.3, -0.25) is 9.59 Å². The Labute approximate surface area is 57.7 Å². The first-order valence-corrected chi connectivity index (χ1v) is 2.63. The zero-order valence-corrected chi connectivity index (χ0v) is 5.44. The molecule has 0 aromatic rings. The Morgan fingerprint density at radius 2 is 2.40 bits per heavy atom. The number of amides is 1. The molecule has 0 heterocycles. The van der Waals surface area contributed by atoms with Crippen molar-refractivity contribution in [3.8, 4) is 0 Å². The molecule has 0 aliphatic rings. The van der Waals surface area contributed by atoms with Gasteiger partial charge in [-0.15, -0.1) is 0 Å². The van der Waals surface area contributed by atoms with Gasteiger partial charge in [-0.1, -0.05) is 0 Å². The number of hydrogen-bond donors (Lipinski definition) is 1. The Morgan fingerprint density at radius 1 is 1.80 bits per heavy atom. The van der Waals surface area contributed by atoms with Crippen LogP contribution in [0.3, 0.4) is 0 Å². The van der Waals surface area contributed by atoms with E-state index >= 15 is 0 Å². The average Bonchev–Trinajstić information content (AvgIpc) is 1.89. The van der Waals surface area contributed by atoms with Gasteiger partial charge in [0.2, 0.25) is 6.41 Å². The van der Waals surface area contributed by atoms with Crippen molar-refractivity contribution in [1.29, 1.82) is 0 Å². The topological polar surface area (TPSA) is 82.6 Å². The summed E-state index contributed by atoms with van der Waals surface area (Å²) in [4.78, 5) is 22.9. The Morgan fingerprint density at radius 3 is 2.80 bits per heavy atom. The third kappa shape index (κ3) is 2.74. The maximum atomic E-state index is 10.6. The maximum absolute atomic E-state index is 10.6. The molecule has 1 N–H and O–H groups in total. The molecule has 0 bridgehead atoms. The summed E-state index contributed by atoms with van der Waals surface area (Å²) in [5, 5.41) is 2.20. The minimum atomic E-state index is -0.631. The molecule has 0 fully saturated rings. The lowest BCUT2D eigenvalue weighted by Crippen LogP contribution is -2.33. The van der Waals surface area contributed by atoms with E-state index in [1.165, 1.54) is 6.92 Å². The number of Topliss-reactive ketones (excluding diaryl/α,β-unsaturated/α-hetero) is 1. The zero-order chi connectivity index (χ0) is 7.98. The highest BCUT2D eigenvalue weighted by Crippen LogP contribution is 1.77. The molecule has 0 aliphatic heterocycles. The SMILES string of the molecule is CC(NC=O)C(=O)C=[N+]=[N-]. The van der Waals surface area contributed by atoms with Gasteiger partial charge in [0.15, 0.2) is 0 Å². The summed E-state index contributed by atoms with van der Waals surface area (Å²) in [5.74, 6) is -0.449. The quantitative estimate of drug-likeness (QED) is 0.235. The molecular formula is C5H7N3O2. The third-order valence-corrected chi connectivity index (χ3v) is 0.930. The molecule has 0 radical (unpaired) electrons. The molecular weight excluding hydrogens is 134 g/mol. The highest BCUT2D eigenvalue weighted by atomic mass is 16.1. The fourth-order valence-electron chi connectivity index (χ4n) is 0.353. The van der Waals surface area contributed by atoms with E-state index in [1.54, 1.807) is 0 Å². The number of rotatable bonds is 4. The molecule has 0 saturated carbocycles. The summed E-state index contributed by atoms with van der Waals surface area (Å²) in [7, 11) is 0. The van der Waals surface area contributed by atoms with Crippen molar-refractivity contribution in [3.63, 3.8) is 0 Å². The van der Waals surface area contributed by atoms with Crippen LogP contribution in [0.1, 0.15) is 6.92 Å². The predicted octanol–water partition coefficient (Wildman–Crippen LogP) is -1.01. The van der Waals surface area contributed by atoms with E-state index in [4.69, 9.17) is 5.53 Å². The van der Waals surface area contributed by atoms with Crippen molar-refractivity contribution in [2.75, 3.05) is 0 Å². The number of hydrogen-bond acceptors (Lipinski definition) is 2. The van der Waals surface area contributed by atoms with Crippen molar-refractivity contribution >= 4 is 18.4 Å². The van der Waals surface area contributed by atoms with Crippen LogP contribution in [0.2, 0.25) is 0 Å². The van der Waals surface area contributed by atoms with Crippen molar-refractivity contribution in [3.05, 3.63) is 5.53 Å². The van der Waals surface area contributed by atoms with Crippen molar-refractivity contribution in [2.45, 2.75) is 13.0 Å². The normalized spacial score (nSPS) is 10.9. The smallest absolute Gasteiger partial charge is 0.325 e. The molecule has 0 aromatic heterocycles. The lowest BCUT2D eigenvalue weighted by molar-refractivity contribution is -0.120. The van der Waals surface area contributed by atoms with E-state index in [2.05, 4.69) is 10.1 Å². The molecule has 5 nitrogen and oxygen atoms in total. The Hall–Kier alpha value is -1.48. The van der Waals surface area contributed by atoms with Crippen LogP contribution in [0.4, 0.5) is 0 Å². The van der Waals surface area contributed by atoms with Gasteiger partial charge in [0.25, 0.3) is 5.78 Å². The van der Waals surface area contributed by atoms with E-state index in [1.807, 2.05) is 0 Å². The Kier molecular flexibility index (Phi) is 3.75. The van der Waals surface area contributed by atoms with Crippen LogP contribution in [0.5, 0.6) is 0 Å². The Bertz CT molecular complexity index is 183. The van der Waals surface area contributed by atoms with E-state index in [0.717, 1.165) is 6.21 Å². The van der Waals surface area contributed by atoms with Crippen LogP contribution >= 0.6 is 0 Å². The van der Waals surface area contributed by atoms with Crippen LogP contribution < -0.4 is 5.32 Å². The molecule has 0 rings (SSSR count). The van der Waals surface area contributed by atoms with Crippen LogP contribution in [0.25, 0.3) is 5.53 Å². The second-order valence-electron chi connectivity index (χ2n) is 1.65. The summed E-state index contributed by atoms with van der Waals surface area (Å²) < 4.78 is 0. The first kappa shape index (κ1) is 8.52. The molecule has 0 spiro atoms. The summed E-state index contributed by atoms with van der Waals surface area (Å²) >= 11 is 0. The number of carbonyl (C=O) groups excluding carboxylic acids is 2. The number of ketones is 1. The number of nitrogens with one attached hydrogen (secondary N) is 1. The second kappa shape index (κ2) is 4.40. The predicted molar refractivity (Wildman–Crippen MR) is 33.4 cm³/mol. The highest BCUT2D eigenvalue weighted by Gasteiger charge is 2.11. The molecule has 5 heteroatoms. The first-order valence-electron chi connectivity index (χ1n) is 2.63. The monoisotopic (exact) mass is 141 g/mol. The van der Waals surface area contributed by atoms with Gasteiger partial charge < -0.3 is 10.8 Å². The minimum absolute atomic E-state index is 0.410. The fourth-order valence-corrected chi connectivity index (χ4v) is 0.353. The van der Waals surface area contributed by atoms with E-state index in [0.29, 0.717) is 6.41 Å². The van der Waals surface area contributed by atoms with Crippen molar-refractivity contribution in [1.82, 2.24) is 5.32 Å². The molecule has 0 saturated heterocycles. The zero-order valence-electron chi connectivity index (χ0n) is 5.44. The molecule has 1 amide bonds. The fraction of sp³-hybridized carbons (Fsp3) is 0.400. The van der Waals surface area contributed by atoms with E-state index < -0.39 is 11.8 Å². The van der Waals surface area contributed by atoms with Crippen LogP contribution in [-0.2, 0) is 9.59 Å². The first-order chi connectivity index (χ1) is 4.72. The van der Waals surface area contributed by atoms with Gasteiger partial charge in [0.05, 0.1) is 6.04 Å².